The minimum atomic E-state index is -3.55. The Hall–Kier alpha value is -2.00. The van der Waals surface area contributed by atoms with E-state index in [-0.39, 0.29) is 11.8 Å². The molecule has 0 spiro atoms. The van der Waals surface area contributed by atoms with Crippen LogP contribution in [0.25, 0.3) is 10.8 Å². The van der Waals surface area contributed by atoms with Crippen LogP contribution in [-0.4, -0.2) is 98.8 Å². The SMILES string of the molecule is O=C(C1CCN(S(=O)(=O)c2ccc3ccccc3c2)CC1)N1CCN(CCN2CCCC2)CC1. The molecule has 3 aliphatic heterocycles. The van der Waals surface area contributed by atoms with Gasteiger partial charge in [0.05, 0.1) is 4.90 Å². The average Bonchev–Trinajstić information content (AvgIpc) is 3.41. The van der Waals surface area contributed by atoms with Crippen molar-refractivity contribution in [2.24, 2.45) is 5.92 Å². The molecule has 3 aliphatic rings. The third kappa shape index (κ3) is 5.15. The third-order valence-electron chi connectivity index (χ3n) is 7.78. The highest BCUT2D eigenvalue weighted by atomic mass is 32.2. The van der Waals surface area contributed by atoms with Crippen LogP contribution in [0.15, 0.2) is 47.4 Å². The number of piperidine rings is 1. The Kier molecular flexibility index (Phi) is 7.20. The van der Waals surface area contributed by atoms with E-state index < -0.39 is 10.0 Å². The smallest absolute Gasteiger partial charge is 0.243 e. The quantitative estimate of drug-likeness (QED) is 0.630. The van der Waals surface area contributed by atoms with Crippen molar-refractivity contribution in [3.8, 4) is 0 Å². The van der Waals surface area contributed by atoms with E-state index in [1.54, 1.807) is 16.4 Å². The second kappa shape index (κ2) is 10.3. The first kappa shape index (κ1) is 23.7. The van der Waals surface area contributed by atoms with Crippen LogP contribution in [0.1, 0.15) is 25.7 Å². The second-order valence-corrected chi connectivity index (χ2v) is 11.8. The molecule has 34 heavy (non-hydrogen) atoms. The van der Waals surface area contributed by atoms with Crippen molar-refractivity contribution in [3.63, 3.8) is 0 Å². The highest BCUT2D eigenvalue weighted by Gasteiger charge is 2.34. The van der Waals surface area contributed by atoms with E-state index in [0.29, 0.717) is 30.8 Å². The summed E-state index contributed by atoms with van der Waals surface area (Å²) in [6.45, 7) is 8.95. The number of rotatable bonds is 6. The number of carbonyl (C=O) groups is 1. The Morgan fingerprint density at radius 3 is 2.06 bits per heavy atom. The summed E-state index contributed by atoms with van der Waals surface area (Å²) >= 11 is 0. The van der Waals surface area contributed by atoms with E-state index >= 15 is 0 Å². The Bertz CT molecular complexity index is 1100. The van der Waals surface area contributed by atoms with E-state index in [0.717, 1.165) is 50.0 Å². The summed E-state index contributed by atoms with van der Waals surface area (Å²) < 4.78 is 28.0. The fraction of sp³-hybridized carbons (Fsp3) is 0.577. The first-order valence-corrected chi connectivity index (χ1v) is 14.2. The van der Waals surface area contributed by atoms with Crippen molar-refractivity contribution in [1.82, 2.24) is 19.0 Å². The van der Waals surface area contributed by atoms with Crippen LogP contribution in [0, 0.1) is 5.92 Å². The molecule has 2 aromatic rings. The summed E-state index contributed by atoms with van der Waals surface area (Å²) in [5.41, 5.74) is 0. The predicted molar refractivity (Wildman–Crippen MR) is 134 cm³/mol. The van der Waals surface area contributed by atoms with Gasteiger partial charge in [-0.3, -0.25) is 9.69 Å². The molecule has 0 N–H and O–H groups in total. The first-order chi connectivity index (χ1) is 16.5. The van der Waals surface area contributed by atoms with Gasteiger partial charge in [-0.1, -0.05) is 30.3 Å². The van der Waals surface area contributed by atoms with Crippen molar-refractivity contribution in [2.45, 2.75) is 30.6 Å². The normalized spacial score (nSPS) is 21.9. The van der Waals surface area contributed by atoms with Crippen molar-refractivity contribution in [2.75, 3.05) is 65.4 Å². The van der Waals surface area contributed by atoms with Gasteiger partial charge in [0.2, 0.25) is 15.9 Å². The topological polar surface area (TPSA) is 64.2 Å². The maximum Gasteiger partial charge on any atom is 0.243 e. The third-order valence-corrected chi connectivity index (χ3v) is 9.67. The van der Waals surface area contributed by atoms with E-state index in [1.807, 2.05) is 35.2 Å². The Morgan fingerprint density at radius 2 is 1.38 bits per heavy atom. The highest BCUT2D eigenvalue weighted by molar-refractivity contribution is 7.89. The molecule has 1 amide bonds. The van der Waals surface area contributed by atoms with Gasteiger partial charge in [0.25, 0.3) is 0 Å². The molecule has 8 heteroatoms. The highest BCUT2D eigenvalue weighted by Crippen LogP contribution is 2.27. The van der Waals surface area contributed by atoms with Gasteiger partial charge in [0.15, 0.2) is 0 Å². The number of likely N-dealkylation sites (tertiary alicyclic amines) is 1. The van der Waals surface area contributed by atoms with Crippen LogP contribution in [0.3, 0.4) is 0 Å². The Labute approximate surface area is 203 Å². The number of sulfonamides is 1. The number of hydrogen-bond acceptors (Lipinski definition) is 5. The molecule has 0 bridgehead atoms. The van der Waals surface area contributed by atoms with Gasteiger partial charge >= 0.3 is 0 Å². The number of fused-ring (bicyclic) bond motifs is 1. The average molecular weight is 485 g/mol. The summed E-state index contributed by atoms with van der Waals surface area (Å²) in [4.78, 5) is 20.5. The second-order valence-electron chi connectivity index (χ2n) is 9.90. The number of piperazine rings is 1. The Morgan fingerprint density at radius 1 is 0.765 bits per heavy atom. The van der Waals surface area contributed by atoms with Crippen molar-refractivity contribution >= 4 is 26.7 Å². The molecule has 0 unspecified atom stereocenters. The fourth-order valence-corrected chi connectivity index (χ4v) is 7.06. The zero-order chi connectivity index (χ0) is 23.5. The van der Waals surface area contributed by atoms with Gasteiger partial charge < -0.3 is 9.80 Å². The van der Waals surface area contributed by atoms with Gasteiger partial charge in [0, 0.05) is 58.3 Å². The van der Waals surface area contributed by atoms with Gasteiger partial charge in [0.1, 0.15) is 0 Å². The predicted octanol–water partition coefficient (Wildman–Crippen LogP) is 2.48. The lowest BCUT2D eigenvalue weighted by molar-refractivity contribution is -0.138. The first-order valence-electron chi connectivity index (χ1n) is 12.7. The zero-order valence-electron chi connectivity index (χ0n) is 19.9. The van der Waals surface area contributed by atoms with E-state index in [2.05, 4.69) is 9.80 Å². The van der Waals surface area contributed by atoms with E-state index in [9.17, 15) is 13.2 Å². The van der Waals surface area contributed by atoms with Crippen LogP contribution in [0.2, 0.25) is 0 Å². The standard InChI is InChI=1S/C26H36N4O3S/c31-26(29-19-17-28(18-20-29)16-15-27-11-3-4-12-27)23-9-13-30(14-10-23)34(32,33)25-8-7-22-5-1-2-6-24(22)21-25/h1-2,5-8,21,23H,3-4,9-20H2. The number of amides is 1. The molecule has 3 heterocycles. The van der Waals surface area contributed by atoms with Crippen molar-refractivity contribution in [1.29, 1.82) is 0 Å². The largest absolute Gasteiger partial charge is 0.340 e. The number of benzene rings is 2. The molecule has 5 rings (SSSR count). The van der Waals surface area contributed by atoms with Gasteiger partial charge in [-0.15, -0.1) is 0 Å². The van der Waals surface area contributed by atoms with Crippen LogP contribution in [0.5, 0.6) is 0 Å². The monoisotopic (exact) mass is 484 g/mol. The van der Waals surface area contributed by atoms with Crippen LogP contribution < -0.4 is 0 Å². The van der Waals surface area contributed by atoms with Crippen LogP contribution in [-0.2, 0) is 14.8 Å². The molecule has 184 valence electrons. The molecule has 2 aromatic carbocycles. The molecule has 0 atom stereocenters. The van der Waals surface area contributed by atoms with Crippen molar-refractivity contribution in [3.05, 3.63) is 42.5 Å². The van der Waals surface area contributed by atoms with Crippen molar-refractivity contribution < 1.29 is 13.2 Å². The van der Waals surface area contributed by atoms with E-state index in [4.69, 9.17) is 0 Å². The van der Waals surface area contributed by atoms with E-state index in [1.165, 1.54) is 25.9 Å². The minimum Gasteiger partial charge on any atom is -0.340 e. The lowest BCUT2D eigenvalue weighted by Crippen LogP contribution is -2.52. The summed E-state index contributed by atoms with van der Waals surface area (Å²) in [5.74, 6) is 0.140. The molecule has 3 saturated heterocycles. The molecule has 0 radical (unpaired) electrons. The minimum absolute atomic E-state index is 0.0702. The fourth-order valence-electron chi connectivity index (χ4n) is 5.56. The number of nitrogens with zero attached hydrogens (tertiary/aromatic N) is 4. The van der Waals surface area contributed by atoms with Gasteiger partial charge in [-0.05, 0) is 61.7 Å². The molecular weight excluding hydrogens is 448 g/mol. The van der Waals surface area contributed by atoms with Gasteiger partial charge in [-0.2, -0.15) is 4.31 Å². The summed E-state index contributed by atoms with van der Waals surface area (Å²) in [5, 5.41) is 1.95. The lowest BCUT2D eigenvalue weighted by atomic mass is 9.96. The zero-order valence-corrected chi connectivity index (χ0v) is 20.8. The lowest BCUT2D eigenvalue weighted by Gasteiger charge is -2.38. The number of carbonyl (C=O) groups excluding carboxylic acids is 1. The summed E-state index contributed by atoms with van der Waals surface area (Å²) in [7, 11) is -3.55. The van der Waals surface area contributed by atoms with Crippen LogP contribution in [0.4, 0.5) is 0 Å². The molecule has 0 aromatic heterocycles. The summed E-state index contributed by atoms with van der Waals surface area (Å²) in [6.07, 6.45) is 3.84. The molecule has 0 aliphatic carbocycles. The van der Waals surface area contributed by atoms with Crippen LogP contribution >= 0.6 is 0 Å². The molecular formula is C26H36N4O3S. The maximum absolute atomic E-state index is 13.2. The Balaban J connectivity index is 1.11. The number of hydrogen-bond donors (Lipinski definition) is 0. The maximum atomic E-state index is 13.2. The molecule has 7 nitrogen and oxygen atoms in total. The molecule has 3 fully saturated rings. The summed E-state index contributed by atoms with van der Waals surface area (Å²) in [6, 6.07) is 13.1. The molecule has 0 saturated carbocycles. The van der Waals surface area contributed by atoms with Gasteiger partial charge in [-0.25, -0.2) is 8.42 Å².